The lowest BCUT2D eigenvalue weighted by Gasteiger charge is -2.38. The van der Waals surface area contributed by atoms with Gasteiger partial charge >= 0.3 is 0 Å². The minimum absolute atomic E-state index is 0.393. The first kappa shape index (κ1) is 77.7. The van der Waals surface area contributed by atoms with Gasteiger partial charge in [0.2, 0.25) is 0 Å². The summed E-state index contributed by atoms with van der Waals surface area (Å²) in [4.78, 5) is 13.6. The Morgan fingerprint density at radius 2 is 0.474 bits per heavy atom. The minimum Gasteiger partial charge on any atom is -0.358 e. The summed E-state index contributed by atoms with van der Waals surface area (Å²) in [7, 11) is 0. The van der Waals surface area contributed by atoms with E-state index in [9.17, 15) is 0 Å². The maximum absolute atomic E-state index is 7.10. The van der Waals surface area contributed by atoms with E-state index in [1.165, 1.54) is 308 Å². The van der Waals surface area contributed by atoms with Gasteiger partial charge in [0.05, 0.1) is 39.5 Å². The van der Waals surface area contributed by atoms with Crippen LogP contribution in [0.1, 0.15) is 402 Å². The fourth-order valence-corrected chi connectivity index (χ4v) is 10.9. The molecule has 0 saturated heterocycles. The second-order valence-corrected chi connectivity index (χ2v) is 24.9. The first-order valence-corrected chi connectivity index (χ1v) is 36.1. The monoisotopic (exact) mass is 1110 g/mol. The second-order valence-electron chi connectivity index (χ2n) is 24.9. The van der Waals surface area contributed by atoms with E-state index in [1.54, 1.807) is 5.23 Å². The molecule has 0 amide bonds. The van der Waals surface area contributed by atoms with E-state index in [1.807, 2.05) is 0 Å². The Bertz CT molecular complexity index is 1080. The van der Waals surface area contributed by atoms with Crippen LogP contribution < -0.4 is 0 Å². The maximum Gasteiger partial charge on any atom is 0.287 e. The van der Waals surface area contributed by atoms with Crippen molar-refractivity contribution in [1.29, 1.82) is 0 Å². The van der Waals surface area contributed by atoms with Crippen LogP contribution in [0.4, 0.5) is 0 Å². The predicted octanol–water partition coefficient (Wildman–Crippen LogP) is 24.4. The highest BCUT2D eigenvalue weighted by molar-refractivity contribution is 4.67. The number of unbranched alkanes of at least 4 members (excludes halogenated alkanes) is 47. The predicted molar refractivity (Wildman–Crippen MR) is 341 cm³/mol. The van der Waals surface area contributed by atoms with Crippen molar-refractivity contribution in [3.8, 4) is 0 Å². The van der Waals surface area contributed by atoms with E-state index in [-0.39, 0.29) is 0 Å². The molecule has 0 aliphatic rings. The van der Waals surface area contributed by atoms with Gasteiger partial charge in [0.1, 0.15) is 0 Å². The largest absolute Gasteiger partial charge is 0.358 e. The molecular formula is C71H145NO6. The molecule has 0 rings (SSSR count). The fraction of sp³-hybridized carbons (Fsp3) is 1.00. The van der Waals surface area contributed by atoms with Gasteiger partial charge in [-0.3, -0.25) is 9.68 Å². The molecule has 7 nitrogen and oxygen atoms in total. The zero-order chi connectivity index (χ0) is 56.6. The lowest BCUT2D eigenvalue weighted by molar-refractivity contribution is -0.454. The molecular weight excluding hydrogens is 963 g/mol. The molecule has 0 aliphatic heterocycles. The van der Waals surface area contributed by atoms with Crippen molar-refractivity contribution in [3.63, 3.8) is 0 Å². The van der Waals surface area contributed by atoms with Gasteiger partial charge in [-0.15, -0.1) is 0 Å². The number of hydrogen-bond acceptors (Lipinski definition) is 7. The maximum atomic E-state index is 7.10. The lowest BCUT2D eigenvalue weighted by Crippen LogP contribution is -2.49. The number of hydroxylamine groups is 2. The smallest absolute Gasteiger partial charge is 0.287 e. The van der Waals surface area contributed by atoms with Gasteiger partial charge in [-0.1, -0.05) is 357 Å². The summed E-state index contributed by atoms with van der Waals surface area (Å²) < 4.78 is 28.3. The molecule has 0 aromatic heterocycles. The first-order valence-electron chi connectivity index (χ1n) is 36.1. The van der Waals surface area contributed by atoms with Gasteiger partial charge in [0, 0.05) is 6.61 Å². The molecule has 2 atom stereocenters. The van der Waals surface area contributed by atoms with Gasteiger partial charge in [-0.2, -0.15) is 0 Å². The van der Waals surface area contributed by atoms with E-state index in [2.05, 4.69) is 48.5 Å². The van der Waals surface area contributed by atoms with Crippen molar-refractivity contribution < 1.29 is 28.6 Å². The molecule has 2 unspecified atom stereocenters. The van der Waals surface area contributed by atoms with Crippen LogP contribution in [0.2, 0.25) is 0 Å². The number of ether oxygens (including phenoxy) is 4. The standard InChI is InChI=1S/C71H145NO6/c1-8-13-18-23-28-32-34-38-46-53-60-67-78-72(77-66-59-52-45-37-33-29-24-19-14-9-2)70(73-62-55-48-41-27-22-17-12-5)68-71(74-63-56-49-42-31-26-21-16-11-4,75-64-57-50-43-36-30-25-20-15-10-3)76-65-58-51-44-39-35-40-47-54-61-69(6)7/h69-70H,8-68H2,1-7H3. The van der Waals surface area contributed by atoms with Crippen LogP contribution in [0.25, 0.3) is 0 Å². The Morgan fingerprint density at radius 3 is 0.731 bits per heavy atom. The van der Waals surface area contributed by atoms with Crippen LogP contribution in [0.5, 0.6) is 0 Å². The molecule has 0 radical (unpaired) electrons. The molecule has 78 heavy (non-hydrogen) atoms. The highest BCUT2D eigenvalue weighted by Crippen LogP contribution is 2.29. The Kier molecular flexibility index (Phi) is 65.6. The molecule has 0 fully saturated rings. The van der Waals surface area contributed by atoms with Gasteiger partial charge in [-0.25, -0.2) is 0 Å². The summed E-state index contributed by atoms with van der Waals surface area (Å²) >= 11 is 0. The molecule has 0 bridgehead atoms. The van der Waals surface area contributed by atoms with Crippen molar-refractivity contribution in [2.24, 2.45) is 5.92 Å². The van der Waals surface area contributed by atoms with Crippen molar-refractivity contribution in [1.82, 2.24) is 5.23 Å². The van der Waals surface area contributed by atoms with Crippen molar-refractivity contribution in [2.45, 2.75) is 414 Å². The third-order valence-electron chi connectivity index (χ3n) is 16.3. The van der Waals surface area contributed by atoms with Gasteiger partial charge < -0.3 is 18.9 Å². The third-order valence-corrected chi connectivity index (χ3v) is 16.3. The topological polar surface area (TPSA) is 58.6 Å². The summed E-state index contributed by atoms with van der Waals surface area (Å²) in [6.45, 7) is 20.0. The SMILES string of the molecule is CCCCCCCCCCCCCON(OCCCCCCCCCCCC)C(CC(OCCCCCCCCCC)(OCCCCCCCCCCC)OCCCCCCCCCCC(C)C)OCCCCCCCCC. The van der Waals surface area contributed by atoms with Crippen molar-refractivity contribution >= 4 is 0 Å². The van der Waals surface area contributed by atoms with Gasteiger partial charge in [0.15, 0.2) is 6.23 Å². The van der Waals surface area contributed by atoms with Gasteiger partial charge in [0.25, 0.3) is 5.97 Å². The van der Waals surface area contributed by atoms with Crippen LogP contribution >= 0.6 is 0 Å². The fourth-order valence-electron chi connectivity index (χ4n) is 10.9. The van der Waals surface area contributed by atoms with E-state index in [0.29, 0.717) is 46.1 Å². The molecule has 0 aromatic carbocycles. The Balaban J connectivity index is 6.49. The summed E-state index contributed by atoms with van der Waals surface area (Å²) in [5.41, 5.74) is 0. The highest BCUT2D eigenvalue weighted by Gasteiger charge is 2.40. The van der Waals surface area contributed by atoms with E-state index in [0.717, 1.165) is 44.4 Å². The van der Waals surface area contributed by atoms with Crippen LogP contribution in [0, 0.1) is 5.92 Å². The molecule has 0 heterocycles. The van der Waals surface area contributed by atoms with Crippen LogP contribution in [0.15, 0.2) is 0 Å². The van der Waals surface area contributed by atoms with Crippen molar-refractivity contribution in [2.75, 3.05) is 39.6 Å². The molecule has 0 aromatic rings. The average molecular weight is 1110 g/mol. The Labute approximate surface area is 491 Å². The summed E-state index contributed by atoms with van der Waals surface area (Å²) in [6.07, 6.45) is 69.2. The zero-order valence-corrected chi connectivity index (χ0v) is 54.7. The average Bonchev–Trinajstić information content (AvgIpc) is 3.44. The molecule has 0 N–H and O–H groups in total. The summed E-state index contributed by atoms with van der Waals surface area (Å²) in [5, 5.41) is 1.77. The molecule has 0 saturated carbocycles. The van der Waals surface area contributed by atoms with Gasteiger partial charge in [-0.05, 0) is 49.7 Å². The Hall–Kier alpha value is -0.280. The molecule has 7 heteroatoms. The normalized spacial score (nSPS) is 13.2. The molecule has 0 aliphatic carbocycles. The Morgan fingerprint density at radius 1 is 0.256 bits per heavy atom. The summed E-state index contributed by atoms with van der Waals surface area (Å²) in [6, 6.07) is 0. The number of hydrogen-bond donors (Lipinski definition) is 0. The van der Waals surface area contributed by atoms with Crippen molar-refractivity contribution in [3.05, 3.63) is 0 Å². The second kappa shape index (κ2) is 65.9. The van der Waals surface area contributed by atoms with Crippen LogP contribution in [0.3, 0.4) is 0 Å². The molecule has 470 valence electrons. The summed E-state index contributed by atoms with van der Waals surface area (Å²) in [5.74, 6) is -0.416. The highest BCUT2D eigenvalue weighted by atomic mass is 17.0. The zero-order valence-electron chi connectivity index (χ0n) is 54.7. The number of rotatable bonds is 70. The lowest BCUT2D eigenvalue weighted by atomic mass is 10.0. The van der Waals surface area contributed by atoms with E-state index < -0.39 is 12.2 Å². The minimum atomic E-state index is -1.23. The van der Waals surface area contributed by atoms with E-state index in [4.69, 9.17) is 28.6 Å². The van der Waals surface area contributed by atoms with E-state index >= 15 is 0 Å². The quantitative estimate of drug-likeness (QED) is 0.0342. The first-order chi connectivity index (χ1) is 38.5. The third kappa shape index (κ3) is 57.5. The van der Waals surface area contributed by atoms with Crippen LogP contribution in [-0.4, -0.2) is 57.1 Å². The number of nitrogens with zero attached hydrogens (tertiary/aromatic N) is 1. The molecule has 0 spiro atoms. The van der Waals surface area contributed by atoms with Crippen LogP contribution in [-0.2, 0) is 28.6 Å².